The number of nitrogens with zero attached hydrogens (tertiary/aromatic N) is 9. The molecule has 6 aromatic heterocycles. The van der Waals surface area contributed by atoms with Crippen molar-refractivity contribution >= 4 is 136 Å². The Morgan fingerprint density at radius 1 is 0.448 bits per heavy atom. The zero-order valence-corrected chi connectivity index (χ0v) is 71.4. The van der Waals surface area contributed by atoms with Crippen LogP contribution in [0.25, 0.3) is 50.7 Å². The minimum Gasteiger partial charge on any atom is -0.744 e. The summed E-state index contributed by atoms with van der Waals surface area (Å²) in [5.74, 6) is -0.117. The molecule has 0 aliphatic heterocycles. The van der Waals surface area contributed by atoms with Crippen molar-refractivity contribution in [2.45, 2.75) is 133 Å². The molecule has 0 radical (unpaired) electrons. The third-order valence-electron chi connectivity index (χ3n) is 17.0. The first-order chi connectivity index (χ1) is 50.0. The van der Waals surface area contributed by atoms with Gasteiger partial charge in [-0.2, -0.15) is 0 Å². The summed E-state index contributed by atoms with van der Waals surface area (Å²) in [6.45, 7) is 20.8. The van der Waals surface area contributed by atoms with Gasteiger partial charge in [0.1, 0.15) is 15.9 Å². The van der Waals surface area contributed by atoms with Crippen molar-refractivity contribution in [1.29, 1.82) is 0 Å². The molecule has 0 saturated carbocycles. The van der Waals surface area contributed by atoms with E-state index in [1.807, 2.05) is 44.3 Å². The Morgan fingerprint density at radius 2 is 0.724 bits per heavy atom. The van der Waals surface area contributed by atoms with Gasteiger partial charge in [-0.3, -0.25) is 9.59 Å². The second kappa shape index (κ2) is 39.2. The van der Waals surface area contributed by atoms with Crippen molar-refractivity contribution < 1.29 is 52.9 Å². The number of hydrogen-bond donors (Lipinski definition) is 0. The molecular weight excluding hydrogens is 1690 g/mol. The van der Waals surface area contributed by atoms with E-state index in [0.717, 1.165) is 110 Å². The van der Waals surface area contributed by atoms with E-state index in [4.69, 9.17) is 79.6 Å². The molecule has 6 heterocycles. The van der Waals surface area contributed by atoms with Crippen LogP contribution in [0.15, 0.2) is 163 Å². The number of fused-ring (bicyclic) bond motifs is 3. The second-order valence-electron chi connectivity index (χ2n) is 26.5. The number of pyridine rings is 3. The molecule has 0 atom stereocenters. The van der Waals surface area contributed by atoms with Gasteiger partial charge in [-0.15, -0.1) is 0 Å². The fourth-order valence-electron chi connectivity index (χ4n) is 11.9. The van der Waals surface area contributed by atoms with Gasteiger partial charge in [0.2, 0.25) is 11.8 Å². The fraction of sp³-hybridized carbons (Fsp3) is 0.325. The van der Waals surface area contributed by atoms with Gasteiger partial charge >= 0.3 is 222 Å². The van der Waals surface area contributed by atoms with Crippen LogP contribution < -0.4 is 24.8 Å². The van der Waals surface area contributed by atoms with Crippen LogP contribution in [-0.4, -0.2) is 131 Å². The third-order valence-corrected chi connectivity index (χ3v) is 27.9. The van der Waals surface area contributed by atoms with E-state index < -0.39 is 28.5 Å². The molecule has 11 aromatic rings. The molecule has 3 amide bonds. The fourth-order valence-corrected chi connectivity index (χ4v) is 19.4. The van der Waals surface area contributed by atoms with Crippen LogP contribution in [0.1, 0.15) is 108 Å². The summed E-state index contributed by atoms with van der Waals surface area (Å²) in [5.41, 5.74) is 11.1. The summed E-state index contributed by atoms with van der Waals surface area (Å²) < 4.78 is 54.2. The Labute approximate surface area is 661 Å². The van der Waals surface area contributed by atoms with E-state index in [2.05, 4.69) is 127 Å². The van der Waals surface area contributed by atoms with Crippen molar-refractivity contribution in [3.63, 3.8) is 0 Å². The summed E-state index contributed by atoms with van der Waals surface area (Å²) in [6.07, 6.45) is 11.5. The van der Waals surface area contributed by atoms with E-state index in [9.17, 15) is 31.7 Å². The third kappa shape index (κ3) is 22.9. The smallest absolute Gasteiger partial charge is 0.357 e. The molecule has 0 unspecified atom stereocenters. The van der Waals surface area contributed by atoms with E-state index >= 15 is 0 Å². The molecule has 0 bridgehead atoms. The van der Waals surface area contributed by atoms with Crippen molar-refractivity contribution in [2.24, 2.45) is 0 Å². The number of carbonyl (C=O) groups is 3. The van der Waals surface area contributed by atoms with Gasteiger partial charge in [0.15, 0.2) is 18.4 Å². The number of rotatable bonds is 25. The number of imidazole rings is 3. The second-order valence-corrected chi connectivity index (χ2v) is 47.9. The maximum atomic E-state index is 13.4. The Bertz CT molecular complexity index is 4890. The molecule has 0 fully saturated rings. The van der Waals surface area contributed by atoms with Gasteiger partial charge in [-0.25, -0.2) is 22.8 Å². The SMILES string of the molecule is CCCN(CCC)C(=O)Cc1c(-c2cc[c]([Sn]([CH3])([CH3])[CH3])cc2)nc2c(Cl)cc(Cl)cn12.CCCN(CCC)C(=O)Cc1c(-c2ccc([18F])cc2)nc2c(Cl)cc(Cl)cn12.CCCN(CCC)C(=O)Cc1c(-c2ccc([I+]c3ccc(C)cc3)cc2)nc2c(Cl)cc(Cl)cn12.Cc1ccc(S(=O)(=O)[O-])cc1. The van der Waals surface area contributed by atoms with Gasteiger partial charge in [0.25, 0.3) is 0 Å². The number of benzene rings is 5. The molecule has 0 aliphatic carbocycles. The molecule has 0 aliphatic rings. The van der Waals surface area contributed by atoms with Crippen LogP contribution in [0.2, 0.25) is 45.0 Å². The number of halogens is 8. The predicted octanol–water partition coefficient (Wildman–Crippen LogP) is 16.5. The maximum Gasteiger partial charge on any atom is 0.357 e. The van der Waals surface area contributed by atoms with E-state index in [0.29, 0.717) is 71.6 Å². The van der Waals surface area contributed by atoms with Crippen LogP contribution in [0.5, 0.6) is 0 Å². The first kappa shape index (κ1) is 84.3. The summed E-state index contributed by atoms with van der Waals surface area (Å²) >= 11 is 35.7. The minimum atomic E-state index is -4.27. The van der Waals surface area contributed by atoms with Crippen LogP contribution in [-0.2, 0) is 43.8 Å². The standard InChI is InChI=1S/C28H29Cl2IN3O.C21H22Cl2FN3O.C21H22Cl2N3O.C7H8O3S.3CH3.Sn/c1-4-14-33(15-5-2)26(35)17-25-27(32-28-24(30)16-21(29)18-34(25)28)20-8-12-23(13-9-20)31-22-10-6-19(3)7-11-22;1-3-9-26(10-4-2)19(28)12-18-20(14-5-7-16(24)8-6-14)25-21-17(23)11-15(22)13-27(18)21;1-3-10-25(11-4-2)19(27)13-18-20(15-8-6-5-7-9-15)24-21-17(23)12-16(22)14-26(18)21;1-6-2-4-7(5-3-6)11(8,9)10;;;;/h6-13,16,18H,4-5,14-15,17H2,1-3H3;5-8,11,13H,3-4,9-10,12H2,1-2H3;6-9,12,14H,3-4,10-11,13H2,1-2H3;2-5H,1H3,(H,8,9,10);3*1H3;/q+1;;;;;;;/p-1/i;24-1;;;;;;. The Balaban J connectivity index is 0.000000186. The number of amides is 3. The van der Waals surface area contributed by atoms with E-state index in [-0.39, 0.29) is 68.9 Å². The van der Waals surface area contributed by atoms with Crippen LogP contribution in [0.4, 0.5) is 4.39 Å². The van der Waals surface area contributed by atoms with Gasteiger partial charge in [-0.05, 0) is 124 Å². The molecule has 11 rings (SSSR count). The number of aryl methyl sites for hydroxylation is 2. The van der Waals surface area contributed by atoms with Crippen molar-refractivity contribution in [3.8, 4) is 33.8 Å². The maximum absolute atomic E-state index is 13.4. The number of carbonyl (C=O) groups excluding carboxylic acids is 3. The Kier molecular flexibility index (Phi) is 31.5. The summed E-state index contributed by atoms with van der Waals surface area (Å²) in [6, 6.07) is 42.8. The number of hydrogen-bond acceptors (Lipinski definition) is 9. The molecule has 0 N–H and O–H groups in total. The predicted molar refractivity (Wildman–Crippen MR) is 425 cm³/mol. The monoisotopic (exact) mass is 1780 g/mol. The van der Waals surface area contributed by atoms with Crippen molar-refractivity contribution in [2.75, 3.05) is 39.3 Å². The van der Waals surface area contributed by atoms with Gasteiger partial charge in [0.05, 0.1) is 60.6 Å². The average Bonchev–Trinajstić information content (AvgIpc) is 1.63. The normalized spacial score (nSPS) is 11.4. The van der Waals surface area contributed by atoms with Crippen molar-refractivity contribution in [3.05, 3.63) is 229 Å². The van der Waals surface area contributed by atoms with Gasteiger partial charge in [-0.1, -0.05) is 109 Å². The topological polar surface area (TPSA) is 170 Å². The molecule has 15 nitrogen and oxygen atoms in total. The zero-order valence-electron chi connectivity index (χ0n) is 61.0. The summed E-state index contributed by atoms with van der Waals surface area (Å²) in [4.78, 5) is 66.6. The van der Waals surface area contributed by atoms with E-state index in [1.165, 1.54) is 40.5 Å². The summed E-state index contributed by atoms with van der Waals surface area (Å²) in [5, 5.41) is 2.83. The first-order valence-corrected chi connectivity index (χ1v) is 50.9. The molecule has 0 spiro atoms. The quantitative estimate of drug-likeness (QED) is 0.0307. The Morgan fingerprint density at radius 3 is 1.01 bits per heavy atom. The zero-order chi connectivity index (χ0) is 76.4. The van der Waals surface area contributed by atoms with Crippen LogP contribution in [0, 0.1) is 26.8 Å². The molecular formula is C80H89Cl6FIN9O6SSn. The molecule has 105 heavy (non-hydrogen) atoms. The van der Waals surface area contributed by atoms with E-state index in [1.54, 1.807) is 65.5 Å². The summed E-state index contributed by atoms with van der Waals surface area (Å²) in [7, 11) is -4.27. The van der Waals surface area contributed by atoms with Crippen LogP contribution in [0.3, 0.4) is 0 Å². The van der Waals surface area contributed by atoms with Gasteiger partial charge in [0, 0.05) is 49.7 Å². The van der Waals surface area contributed by atoms with Crippen molar-refractivity contribution in [1.82, 2.24) is 42.9 Å². The molecule has 25 heteroatoms. The first-order valence-electron chi connectivity index (χ1n) is 35.1. The number of aromatic nitrogens is 6. The van der Waals surface area contributed by atoms with Crippen LogP contribution >= 0.6 is 69.6 Å². The minimum absolute atomic E-state index is 0.0185. The molecule has 5 aromatic carbocycles. The van der Waals surface area contributed by atoms with Gasteiger partial charge < -0.3 is 23.2 Å². The molecule has 556 valence electrons. The largest absolute Gasteiger partial charge is 0.744 e. The average molecular weight is 1780 g/mol. The molecule has 0 saturated heterocycles. The Hall–Kier alpha value is -6.31.